The number of hydrogen-bond donors (Lipinski definition) is 0. The Bertz CT molecular complexity index is 1480. The average Bonchev–Trinajstić information content (AvgIpc) is 3.18. The molecule has 0 N–H and O–H groups in total. The molecular formula is C30H23N. The molecule has 0 fully saturated rings. The summed E-state index contributed by atoms with van der Waals surface area (Å²) in [6.45, 7) is 2.30. The molecule has 1 aromatic heterocycles. The number of benzene rings is 5. The largest absolute Gasteiger partial charge is 0.309 e. The van der Waals surface area contributed by atoms with Crippen molar-refractivity contribution in [1.82, 2.24) is 4.57 Å². The van der Waals surface area contributed by atoms with E-state index in [0.29, 0.717) is 5.92 Å². The van der Waals surface area contributed by atoms with Crippen molar-refractivity contribution in [3.05, 3.63) is 126 Å². The van der Waals surface area contributed by atoms with Gasteiger partial charge < -0.3 is 4.57 Å². The Balaban J connectivity index is 1.46. The van der Waals surface area contributed by atoms with Gasteiger partial charge >= 0.3 is 0 Å². The molecule has 1 nitrogen and oxygen atoms in total. The van der Waals surface area contributed by atoms with Gasteiger partial charge in [0.15, 0.2) is 0 Å². The fourth-order valence-electron chi connectivity index (χ4n) is 4.92. The molecule has 0 aliphatic carbocycles. The Morgan fingerprint density at radius 3 is 1.74 bits per heavy atom. The van der Waals surface area contributed by atoms with Crippen LogP contribution in [0.4, 0.5) is 0 Å². The van der Waals surface area contributed by atoms with E-state index in [-0.39, 0.29) is 0 Å². The first-order valence-electron chi connectivity index (χ1n) is 10.9. The van der Waals surface area contributed by atoms with E-state index in [0.717, 1.165) is 0 Å². The van der Waals surface area contributed by atoms with Gasteiger partial charge in [-0.3, -0.25) is 0 Å². The minimum atomic E-state index is 0.332. The summed E-state index contributed by atoms with van der Waals surface area (Å²) in [6, 6.07) is 41.7. The summed E-state index contributed by atoms with van der Waals surface area (Å²) >= 11 is 0. The monoisotopic (exact) mass is 397 g/mol. The molecule has 5 aromatic carbocycles. The van der Waals surface area contributed by atoms with E-state index in [4.69, 9.17) is 0 Å². The Labute approximate surface area is 182 Å². The van der Waals surface area contributed by atoms with Gasteiger partial charge in [0, 0.05) is 22.4 Å². The second-order valence-corrected chi connectivity index (χ2v) is 8.25. The maximum Gasteiger partial charge on any atom is 0.0541 e. The summed E-state index contributed by atoms with van der Waals surface area (Å²) < 4.78 is 2.37. The number of nitrogens with zero attached hydrogens (tertiary/aromatic N) is 1. The summed E-state index contributed by atoms with van der Waals surface area (Å²) in [7, 11) is 0. The van der Waals surface area contributed by atoms with Crippen molar-refractivity contribution in [1.29, 1.82) is 0 Å². The number of rotatable bonds is 3. The van der Waals surface area contributed by atoms with E-state index in [1.54, 1.807) is 0 Å². The highest BCUT2D eigenvalue weighted by atomic mass is 15.0. The lowest BCUT2D eigenvalue weighted by molar-refractivity contribution is 0.931. The third-order valence-corrected chi connectivity index (χ3v) is 6.52. The summed E-state index contributed by atoms with van der Waals surface area (Å²) in [6.07, 6.45) is 0. The quantitative estimate of drug-likeness (QED) is 0.284. The molecule has 0 bridgehead atoms. The second-order valence-electron chi connectivity index (χ2n) is 8.25. The lowest BCUT2D eigenvalue weighted by Gasteiger charge is -2.16. The maximum atomic E-state index is 2.37. The van der Waals surface area contributed by atoms with Crippen LogP contribution >= 0.6 is 0 Å². The van der Waals surface area contributed by atoms with Gasteiger partial charge in [-0.25, -0.2) is 0 Å². The Kier molecular flexibility index (Phi) is 4.14. The highest BCUT2D eigenvalue weighted by Gasteiger charge is 2.14. The molecule has 6 rings (SSSR count). The summed E-state index contributed by atoms with van der Waals surface area (Å²) in [5.41, 5.74) is 6.41. The first kappa shape index (κ1) is 18.0. The first-order valence-corrected chi connectivity index (χ1v) is 10.9. The Morgan fingerprint density at radius 1 is 0.516 bits per heavy atom. The van der Waals surface area contributed by atoms with Gasteiger partial charge in [0.25, 0.3) is 0 Å². The van der Waals surface area contributed by atoms with Gasteiger partial charge in [-0.1, -0.05) is 97.9 Å². The van der Waals surface area contributed by atoms with Crippen molar-refractivity contribution < 1.29 is 0 Å². The van der Waals surface area contributed by atoms with Crippen molar-refractivity contribution in [2.75, 3.05) is 0 Å². The third kappa shape index (κ3) is 2.85. The highest BCUT2D eigenvalue weighted by molar-refractivity contribution is 6.09. The molecule has 31 heavy (non-hydrogen) atoms. The van der Waals surface area contributed by atoms with Gasteiger partial charge in [-0.2, -0.15) is 0 Å². The lowest BCUT2D eigenvalue weighted by atomic mass is 9.89. The van der Waals surface area contributed by atoms with Crippen LogP contribution in [0.1, 0.15) is 24.0 Å². The molecule has 1 heterocycles. The highest BCUT2D eigenvalue weighted by Crippen LogP contribution is 2.34. The molecule has 0 amide bonds. The predicted molar refractivity (Wildman–Crippen MR) is 132 cm³/mol. The van der Waals surface area contributed by atoms with Crippen molar-refractivity contribution in [2.45, 2.75) is 12.8 Å². The van der Waals surface area contributed by atoms with Crippen molar-refractivity contribution in [3.63, 3.8) is 0 Å². The van der Waals surface area contributed by atoms with Crippen LogP contribution in [-0.4, -0.2) is 4.57 Å². The molecule has 1 unspecified atom stereocenters. The molecule has 6 aromatic rings. The molecule has 0 saturated heterocycles. The van der Waals surface area contributed by atoms with Crippen LogP contribution in [0.2, 0.25) is 0 Å². The number of aromatic nitrogens is 1. The van der Waals surface area contributed by atoms with Crippen LogP contribution in [-0.2, 0) is 0 Å². The molecular weight excluding hydrogens is 374 g/mol. The number of fused-ring (bicyclic) bond motifs is 4. The molecule has 0 saturated carbocycles. The first-order chi connectivity index (χ1) is 15.3. The SMILES string of the molecule is CC(c1ccc(-n2c3ccccc3c3ccccc32)cc1)c1cccc2ccccc12. The predicted octanol–water partition coefficient (Wildman–Crippen LogP) is 8.09. The van der Waals surface area contributed by atoms with Crippen LogP contribution in [0.25, 0.3) is 38.3 Å². The Hall–Kier alpha value is -3.84. The van der Waals surface area contributed by atoms with Crippen LogP contribution in [0, 0.1) is 0 Å². The van der Waals surface area contributed by atoms with Crippen molar-refractivity contribution >= 4 is 32.6 Å². The second kappa shape index (κ2) is 7.14. The molecule has 1 heteroatoms. The normalized spacial score (nSPS) is 12.5. The molecule has 0 aliphatic heterocycles. The van der Waals surface area contributed by atoms with E-state index in [2.05, 4.69) is 127 Å². The fourth-order valence-corrected chi connectivity index (χ4v) is 4.92. The minimum Gasteiger partial charge on any atom is -0.309 e. The van der Waals surface area contributed by atoms with Crippen LogP contribution < -0.4 is 0 Å². The summed E-state index contributed by atoms with van der Waals surface area (Å²) in [5.74, 6) is 0.332. The minimum absolute atomic E-state index is 0.332. The molecule has 0 aliphatic rings. The summed E-state index contributed by atoms with van der Waals surface area (Å²) in [4.78, 5) is 0. The number of para-hydroxylation sites is 2. The standard InChI is InChI=1S/C30H23N/c1-21(25-14-8-10-23-9-2-3-11-26(23)25)22-17-19-24(20-18-22)31-29-15-6-4-12-27(29)28-13-5-7-16-30(28)31/h2-21H,1H3. The van der Waals surface area contributed by atoms with Crippen LogP contribution in [0.3, 0.4) is 0 Å². The fraction of sp³-hybridized carbons (Fsp3) is 0.0667. The zero-order valence-electron chi connectivity index (χ0n) is 17.5. The van der Waals surface area contributed by atoms with Gasteiger partial charge in [-0.15, -0.1) is 0 Å². The zero-order chi connectivity index (χ0) is 20.8. The van der Waals surface area contributed by atoms with Gasteiger partial charge in [0.05, 0.1) is 11.0 Å². The lowest BCUT2D eigenvalue weighted by Crippen LogP contribution is -1.99. The summed E-state index contributed by atoms with van der Waals surface area (Å²) in [5, 5.41) is 5.23. The molecule has 1 atom stereocenters. The van der Waals surface area contributed by atoms with E-state index < -0.39 is 0 Å². The van der Waals surface area contributed by atoms with Gasteiger partial charge in [-0.05, 0) is 46.2 Å². The Morgan fingerprint density at radius 2 is 1.06 bits per heavy atom. The smallest absolute Gasteiger partial charge is 0.0541 e. The zero-order valence-corrected chi connectivity index (χ0v) is 17.5. The maximum absolute atomic E-state index is 2.37. The van der Waals surface area contributed by atoms with Gasteiger partial charge in [0.2, 0.25) is 0 Å². The molecule has 0 spiro atoms. The van der Waals surface area contributed by atoms with Gasteiger partial charge in [0.1, 0.15) is 0 Å². The third-order valence-electron chi connectivity index (χ3n) is 6.52. The topological polar surface area (TPSA) is 4.93 Å². The van der Waals surface area contributed by atoms with E-state index in [1.807, 2.05) is 0 Å². The van der Waals surface area contributed by atoms with Crippen molar-refractivity contribution in [3.8, 4) is 5.69 Å². The van der Waals surface area contributed by atoms with E-state index >= 15 is 0 Å². The van der Waals surface area contributed by atoms with Crippen LogP contribution in [0.5, 0.6) is 0 Å². The molecule has 148 valence electrons. The molecule has 0 radical (unpaired) electrons. The van der Waals surface area contributed by atoms with Crippen LogP contribution in [0.15, 0.2) is 115 Å². The number of hydrogen-bond acceptors (Lipinski definition) is 0. The van der Waals surface area contributed by atoms with E-state index in [9.17, 15) is 0 Å². The van der Waals surface area contributed by atoms with Crippen molar-refractivity contribution in [2.24, 2.45) is 0 Å². The average molecular weight is 398 g/mol. The van der Waals surface area contributed by atoms with E-state index in [1.165, 1.54) is 49.4 Å².